The number of ether oxygens (including phenoxy) is 3. The highest BCUT2D eigenvalue weighted by atomic mass is 16.7. The third kappa shape index (κ3) is 5.99. The number of benzene rings is 2. The van der Waals surface area contributed by atoms with Crippen LogP contribution in [0.15, 0.2) is 57.5 Å². The van der Waals surface area contributed by atoms with Gasteiger partial charge in [-0.05, 0) is 83.0 Å². The summed E-state index contributed by atoms with van der Waals surface area (Å²) in [4.78, 5) is 17.4. The van der Waals surface area contributed by atoms with Gasteiger partial charge in [0.25, 0.3) is 5.89 Å². The number of hydrogen-bond acceptors (Lipinski definition) is 8. The van der Waals surface area contributed by atoms with Gasteiger partial charge in [0.1, 0.15) is 22.5 Å². The van der Waals surface area contributed by atoms with E-state index < -0.39 is 23.0 Å². The average Bonchev–Trinajstić information content (AvgIpc) is 3.53. The third-order valence-corrected chi connectivity index (χ3v) is 6.48. The van der Waals surface area contributed by atoms with E-state index in [1.807, 2.05) is 71.0 Å². The summed E-state index contributed by atoms with van der Waals surface area (Å²) in [5.41, 5.74) is 1.83. The van der Waals surface area contributed by atoms with E-state index in [1.54, 1.807) is 0 Å². The first kappa shape index (κ1) is 26.9. The minimum atomic E-state index is -1.07. The number of carbonyl (C=O) groups is 1. The van der Waals surface area contributed by atoms with E-state index in [9.17, 15) is 4.79 Å². The Labute approximate surface area is 227 Å². The summed E-state index contributed by atoms with van der Waals surface area (Å²) < 4.78 is 29.2. The molecular weight excluding hydrogens is 498 g/mol. The quantitative estimate of drug-likeness (QED) is 0.295. The third-order valence-electron chi connectivity index (χ3n) is 6.48. The van der Waals surface area contributed by atoms with Crippen LogP contribution in [0.4, 0.5) is 4.79 Å². The lowest BCUT2D eigenvalue weighted by molar-refractivity contribution is -0.274. The Morgan fingerprint density at radius 2 is 1.72 bits per heavy atom. The molecule has 1 amide bonds. The number of fused-ring (bicyclic) bond motifs is 1. The van der Waals surface area contributed by atoms with E-state index >= 15 is 0 Å². The van der Waals surface area contributed by atoms with E-state index in [4.69, 9.17) is 23.2 Å². The van der Waals surface area contributed by atoms with Gasteiger partial charge in [0, 0.05) is 16.5 Å². The number of aryl methyl sites for hydroxylation is 1. The van der Waals surface area contributed by atoms with E-state index in [0.29, 0.717) is 23.1 Å². The van der Waals surface area contributed by atoms with Crippen LogP contribution < -0.4 is 5.32 Å². The van der Waals surface area contributed by atoms with Gasteiger partial charge in [0.15, 0.2) is 5.79 Å². The van der Waals surface area contributed by atoms with E-state index in [0.717, 1.165) is 29.4 Å². The number of amides is 1. The number of nitrogens with zero attached hydrogens (tertiary/aromatic N) is 2. The molecule has 39 heavy (non-hydrogen) atoms. The molecule has 1 saturated heterocycles. The van der Waals surface area contributed by atoms with E-state index in [-0.39, 0.29) is 13.2 Å². The van der Waals surface area contributed by atoms with Crippen LogP contribution in [0, 0.1) is 0 Å². The van der Waals surface area contributed by atoms with Crippen LogP contribution in [0.2, 0.25) is 0 Å². The fourth-order valence-corrected chi connectivity index (χ4v) is 4.43. The Bertz CT molecular complexity index is 1450. The van der Waals surface area contributed by atoms with Crippen molar-refractivity contribution in [2.24, 2.45) is 0 Å². The molecule has 2 aromatic carbocycles. The van der Waals surface area contributed by atoms with Crippen LogP contribution in [0.5, 0.6) is 0 Å². The van der Waals surface area contributed by atoms with Crippen LogP contribution in [-0.2, 0) is 26.2 Å². The molecular formula is C30H35N3O6. The molecule has 5 rings (SSSR count). The minimum Gasteiger partial charge on any atom is -0.458 e. The second-order valence-corrected chi connectivity index (χ2v) is 11.4. The second-order valence-electron chi connectivity index (χ2n) is 11.4. The Hall–Kier alpha value is -3.69. The van der Waals surface area contributed by atoms with Crippen molar-refractivity contribution in [1.82, 2.24) is 15.5 Å². The molecule has 1 aliphatic heterocycles. The summed E-state index contributed by atoms with van der Waals surface area (Å²) in [6.07, 6.45) is 1.54. The molecule has 1 fully saturated rings. The van der Waals surface area contributed by atoms with Gasteiger partial charge in [-0.25, -0.2) is 4.79 Å². The van der Waals surface area contributed by atoms with Crippen LogP contribution in [0.1, 0.15) is 59.3 Å². The van der Waals surface area contributed by atoms with Crippen LogP contribution >= 0.6 is 0 Å². The summed E-state index contributed by atoms with van der Waals surface area (Å²) in [6, 6.07) is 15.7. The number of aromatic nitrogens is 2. The first-order chi connectivity index (χ1) is 18.5. The van der Waals surface area contributed by atoms with Crippen molar-refractivity contribution in [3.05, 3.63) is 59.9 Å². The predicted molar refractivity (Wildman–Crippen MR) is 146 cm³/mol. The number of carbonyl (C=O) groups excluding carboxylic acids is 1. The molecule has 9 heteroatoms. The zero-order valence-corrected chi connectivity index (χ0v) is 23.3. The first-order valence-electron chi connectivity index (χ1n) is 13.2. The number of nitrogens with one attached hydrogen (secondary N) is 1. The highest BCUT2D eigenvalue weighted by Gasteiger charge is 2.46. The van der Waals surface area contributed by atoms with Crippen molar-refractivity contribution >= 4 is 17.1 Å². The monoisotopic (exact) mass is 533 g/mol. The van der Waals surface area contributed by atoms with Gasteiger partial charge in [-0.1, -0.05) is 30.6 Å². The van der Waals surface area contributed by atoms with Gasteiger partial charge >= 0.3 is 6.09 Å². The molecule has 4 aromatic rings. The summed E-state index contributed by atoms with van der Waals surface area (Å²) in [7, 11) is 0. The van der Waals surface area contributed by atoms with E-state index in [2.05, 4.69) is 34.5 Å². The lowest BCUT2D eigenvalue weighted by Crippen LogP contribution is -2.59. The van der Waals surface area contributed by atoms with Gasteiger partial charge < -0.3 is 28.5 Å². The molecule has 0 radical (unpaired) electrons. The SMILES string of the molecule is CCCc1ccc(-c2nc(-c3ccc4oc(C5(NC(=O)OC(C)(C)C)COC(C)(C)OC5)cc4c3)no2)cc1. The smallest absolute Gasteiger partial charge is 0.408 e. The van der Waals surface area contributed by atoms with Crippen LogP contribution in [0.25, 0.3) is 33.8 Å². The van der Waals surface area contributed by atoms with Crippen molar-refractivity contribution in [2.75, 3.05) is 13.2 Å². The lowest BCUT2D eigenvalue weighted by Gasteiger charge is -2.42. The summed E-state index contributed by atoms with van der Waals surface area (Å²) in [5.74, 6) is 0.642. The first-order valence-corrected chi connectivity index (χ1v) is 13.2. The molecule has 0 unspecified atom stereocenters. The normalized spacial score (nSPS) is 16.8. The van der Waals surface area contributed by atoms with Gasteiger partial charge in [0.05, 0.1) is 13.2 Å². The van der Waals surface area contributed by atoms with Crippen molar-refractivity contribution in [1.29, 1.82) is 0 Å². The Balaban J connectivity index is 1.43. The fourth-order valence-electron chi connectivity index (χ4n) is 4.43. The highest BCUT2D eigenvalue weighted by Crippen LogP contribution is 2.36. The fraction of sp³-hybridized carbons (Fsp3) is 0.433. The van der Waals surface area contributed by atoms with Crippen LogP contribution in [-0.4, -0.2) is 40.8 Å². The summed E-state index contributed by atoms with van der Waals surface area (Å²) in [5, 5.41) is 7.95. The predicted octanol–water partition coefficient (Wildman–Crippen LogP) is 6.61. The van der Waals surface area contributed by atoms with Crippen LogP contribution in [0.3, 0.4) is 0 Å². The molecule has 1 aliphatic rings. The molecule has 206 valence electrons. The van der Waals surface area contributed by atoms with Crippen molar-refractivity contribution < 1.29 is 27.9 Å². The maximum Gasteiger partial charge on any atom is 0.408 e. The Morgan fingerprint density at radius 1 is 1.03 bits per heavy atom. The standard InChI is InChI=1S/C30H35N3O6/c1-7-8-19-9-11-20(12-10-19)26-31-25(33-39-26)21-13-14-23-22(15-21)16-24(37-23)30(17-35-29(5,6)36-18-30)32-27(34)38-28(2,3)4/h9-16H,7-8,17-18H2,1-6H3,(H,32,34). The highest BCUT2D eigenvalue weighted by molar-refractivity contribution is 5.83. The molecule has 2 aromatic heterocycles. The summed E-state index contributed by atoms with van der Waals surface area (Å²) >= 11 is 0. The van der Waals surface area contributed by atoms with Gasteiger partial charge in [-0.15, -0.1) is 0 Å². The van der Waals surface area contributed by atoms with Crippen molar-refractivity contribution in [2.45, 2.75) is 71.3 Å². The summed E-state index contributed by atoms with van der Waals surface area (Å²) in [6.45, 7) is 11.5. The van der Waals surface area contributed by atoms with Gasteiger partial charge in [0.2, 0.25) is 5.82 Å². The number of rotatable bonds is 6. The van der Waals surface area contributed by atoms with Crippen molar-refractivity contribution in [3.63, 3.8) is 0 Å². The molecule has 0 saturated carbocycles. The molecule has 0 bridgehead atoms. The average molecular weight is 534 g/mol. The van der Waals surface area contributed by atoms with Gasteiger partial charge in [-0.2, -0.15) is 4.98 Å². The number of furan rings is 1. The minimum absolute atomic E-state index is 0.150. The maximum atomic E-state index is 12.8. The zero-order chi connectivity index (χ0) is 27.8. The molecule has 0 aliphatic carbocycles. The molecule has 0 atom stereocenters. The second kappa shape index (κ2) is 10.1. The molecule has 3 heterocycles. The number of alkyl carbamates (subject to hydrolysis) is 1. The molecule has 1 N–H and O–H groups in total. The molecule has 9 nitrogen and oxygen atoms in total. The van der Waals surface area contributed by atoms with Crippen molar-refractivity contribution in [3.8, 4) is 22.8 Å². The van der Waals surface area contributed by atoms with E-state index in [1.165, 1.54) is 5.56 Å². The Morgan fingerprint density at radius 3 is 2.38 bits per heavy atom. The topological polar surface area (TPSA) is 109 Å². The Kier molecular flexibility index (Phi) is 6.99. The number of hydrogen-bond donors (Lipinski definition) is 1. The van der Waals surface area contributed by atoms with Gasteiger partial charge in [-0.3, -0.25) is 0 Å². The molecule has 0 spiro atoms. The largest absolute Gasteiger partial charge is 0.458 e. The maximum absolute atomic E-state index is 12.8. The lowest BCUT2D eigenvalue weighted by atomic mass is 9.96. The zero-order valence-electron chi connectivity index (χ0n) is 23.3.